The first-order valence-corrected chi connectivity index (χ1v) is 17.2. The van der Waals surface area contributed by atoms with E-state index in [-0.39, 0.29) is 24.8 Å². The second kappa shape index (κ2) is 18.7. The minimum absolute atomic E-state index is 0. The summed E-state index contributed by atoms with van der Waals surface area (Å²) in [7, 11) is -2.83. The van der Waals surface area contributed by atoms with Crippen molar-refractivity contribution in [1.82, 2.24) is 0 Å². The van der Waals surface area contributed by atoms with Gasteiger partial charge in [-0.3, -0.25) is 0 Å². The fourth-order valence-corrected chi connectivity index (χ4v) is 2.28. The summed E-state index contributed by atoms with van der Waals surface area (Å²) in [5.74, 6) is 1.77. The van der Waals surface area contributed by atoms with Crippen LogP contribution in [0.1, 0.15) is 6.92 Å². The molecule has 0 aliphatic carbocycles. The molecule has 0 heterocycles. The first-order valence-electron chi connectivity index (χ1n) is 8.99. The van der Waals surface area contributed by atoms with Gasteiger partial charge in [-0.25, -0.2) is 12.1 Å². The third-order valence-electron chi connectivity index (χ3n) is 2.70. The Morgan fingerprint density at radius 2 is 1.10 bits per heavy atom. The summed E-state index contributed by atoms with van der Waals surface area (Å²) in [6.07, 6.45) is 0. The van der Waals surface area contributed by atoms with E-state index < -0.39 is 16.6 Å². The van der Waals surface area contributed by atoms with Crippen LogP contribution in [0.4, 0.5) is 0 Å². The minimum atomic E-state index is -1.42. The fourth-order valence-electron chi connectivity index (χ4n) is 1.45. The van der Waals surface area contributed by atoms with Crippen LogP contribution < -0.4 is 34.3 Å². The molecule has 0 unspecified atom stereocenters. The van der Waals surface area contributed by atoms with Crippen molar-refractivity contribution in [2.45, 2.75) is 46.2 Å². The first kappa shape index (κ1) is 33.6. The zero-order valence-corrected chi connectivity index (χ0v) is 24.5. The van der Waals surface area contributed by atoms with Gasteiger partial charge >= 0.3 is 34.9 Å². The van der Waals surface area contributed by atoms with Crippen molar-refractivity contribution in [3.05, 3.63) is 48.5 Å². The number of rotatable bonds is 8. The van der Waals surface area contributed by atoms with Gasteiger partial charge in [-0.15, -0.1) is 12.1 Å². The molecule has 0 aliphatic rings. The Balaban J connectivity index is -0.000000387. The third kappa shape index (κ3) is 24.1. The molecular weight excluding hydrogens is 523 g/mol. The predicted octanol–water partition coefficient (Wildman–Crippen LogP) is -0.450. The van der Waals surface area contributed by atoms with E-state index in [1.165, 1.54) is 24.2 Å². The molecule has 0 atom stereocenters. The molecule has 0 N–H and O–H groups in total. The monoisotopic (exact) mass is 554 g/mol. The Bertz CT molecular complexity index is 530. The second-order valence-electron chi connectivity index (χ2n) is 7.57. The zero-order valence-electron chi connectivity index (χ0n) is 18.5. The van der Waals surface area contributed by atoms with Crippen molar-refractivity contribution < 1.29 is 67.4 Å². The van der Waals surface area contributed by atoms with Crippen LogP contribution in [0.25, 0.3) is 0 Å². The van der Waals surface area contributed by atoms with Crippen LogP contribution in [0.2, 0.25) is 39.3 Å². The summed E-state index contributed by atoms with van der Waals surface area (Å²) < 4.78 is 23.8. The summed E-state index contributed by atoms with van der Waals surface area (Å²) >= 11 is 1.51. The zero-order chi connectivity index (χ0) is 20.8. The fraction of sp³-hybridized carbons (Fsp3) is 0.450. The van der Waals surface area contributed by atoms with E-state index in [0.717, 1.165) is 11.5 Å². The van der Waals surface area contributed by atoms with Gasteiger partial charge in [0, 0.05) is 11.5 Å². The van der Waals surface area contributed by atoms with Gasteiger partial charge in [0.1, 0.15) is 0 Å². The maximum absolute atomic E-state index is 5.52. The average molecular weight is 557 g/mol. The Morgan fingerprint density at radius 1 is 0.793 bits per heavy atom. The number of hydrogen-bond donors (Lipinski definition) is 0. The minimum Gasteiger partial charge on any atom is -1.00 e. The molecule has 9 heteroatoms. The van der Waals surface area contributed by atoms with Crippen molar-refractivity contribution in [2.24, 2.45) is 0 Å². The van der Waals surface area contributed by atoms with Gasteiger partial charge in [-0.1, -0.05) is 0 Å². The van der Waals surface area contributed by atoms with Crippen molar-refractivity contribution in [1.29, 1.82) is 0 Å². The molecule has 0 fully saturated rings. The SMILES string of the molecule is C[CH]=[Zr+2].C[Si](C)(C)OCOc1ccc[cH-]1.C[Si](C)(C)OCOc1ccc[cH-]1.[Cl-].[Cl-]. The molecule has 0 radical (unpaired) electrons. The van der Waals surface area contributed by atoms with Gasteiger partial charge in [-0.2, -0.15) is 24.3 Å². The van der Waals surface area contributed by atoms with Crippen molar-refractivity contribution in [3.63, 3.8) is 0 Å². The average Bonchev–Trinajstić information content (AvgIpc) is 3.19. The molecule has 2 aromatic rings. The standard InChI is InChI=1S/2C9H15O2Si.C2H4.2ClH.Zr/c2*1-12(2,3)11-8-10-9-6-4-5-7-9;1-2;;;/h2*4-7H,8H2,1-3H3;1H,2H3;2*1H;/q2*-1;;;;+2/p-2. The van der Waals surface area contributed by atoms with Gasteiger partial charge in [-0.05, 0) is 39.3 Å². The molecule has 2 aromatic carbocycles. The van der Waals surface area contributed by atoms with Crippen LogP contribution in [0.5, 0.6) is 11.5 Å². The van der Waals surface area contributed by atoms with E-state index >= 15 is 0 Å². The van der Waals surface area contributed by atoms with E-state index in [2.05, 4.69) is 43.0 Å². The molecule has 0 spiro atoms. The summed E-state index contributed by atoms with van der Waals surface area (Å²) in [6.45, 7) is 15.6. The van der Waals surface area contributed by atoms with Crippen LogP contribution in [-0.4, -0.2) is 33.9 Å². The summed E-state index contributed by atoms with van der Waals surface area (Å²) in [6, 6.07) is 15.5. The largest absolute Gasteiger partial charge is 1.00 e. The molecule has 0 saturated heterocycles. The molecule has 0 aromatic heterocycles. The third-order valence-corrected chi connectivity index (χ3v) is 4.67. The van der Waals surface area contributed by atoms with Crippen LogP contribution >= 0.6 is 0 Å². The number of ether oxygens (including phenoxy) is 2. The molecule has 2 rings (SSSR count). The first-order chi connectivity index (χ1) is 12.6. The molecule has 0 aliphatic heterocycles. The summed E-state index contributed by atoms with van der Waals surface area (Å²) in [5, 5.41) is 0. The van der Waals surface area contributed by atoms with Crippen LogP contribution in [-0.2, 0) is 33.1 Å². The number of halogens is 2. The molecule has 29 heavy (non-hydrogen) atoms. The molecular formula is C20H34Cl2O4Si2Zr-2. The van der Waals surface area contributed by atoms with Crippen molar-refractivity contribution in [3.8, 4) is 11.5 Å². The quantitative estimate of drug-likeness (QED) is 0.251. The van der Waals surface area contributed by atoms with E-state index in [9.17, 15) is 0 Å². The van der Waals surface area contributed by atoms with Gasteiger partial charge in [0.2, 0.25) is 0 Å². The maximum atomic E-state index is 5.52. The smallest absolute Gasteiger partial charge is 0.188 e. The van der Waals surface area contributed by atoms with Crippen LogP contribution in [0, 0.1) is 0 Å². The molecule has 4 nitrogen and oxygen atoms in total. The molecule has 0 bridgehead atoms. The second-order valence-corrected chi connectivity index (χ2v) is 18.0. The van der Waals surface area contributed by atoms with E-state index in [0.29, 0.717) is 13.6 Å². The van der Waals surface area contributed by atoms with E-state index in [4.69, 9.17) is 18.3 Å². The summed E-state index contributed by atoms with van der Waals surface area (Å²) in [4.78, 5) is 0. The summed E-state index contributed by atoms with van der Waals surface area (Å²) in [5.41, 5.74) is 0. The Hall–Kier alpha value is -0.0131. The molecule has 166 valence electrons. The van der Waals surface area contributed by atoms with Gasteiger partial charge < -0.3 is 43.1 Å². The Kier molecular flexibility index (Phi) is 21.7. The van der Waals surface area contributed by atoms with E-state index in [1.54, 1.807) is 0 Å². The van der Waals surface area contributed by atoms with Crippen LogP contribution in [0.3, 0.4) is 0 Å². The maximum Gasteiger partial charge on any atom is 0.188 e. The molecule has 0 amide bonds. The van der Waals surface area contributed by atoms with Gasteiger partial charge in [0.15, 0.2) is 30.2 Å². The normalized spacial score (nSPS) is 10.1. The predicted molar refractivity (Wildman–Crippen MR) is 116 cm³/mol. The number of hydrogen-bond acceptors (Lipinski definition) is 4. The Morgan fingerprint density at radius 3 is 1.31 bits per heavy atom. The van der Waals surface area contributed by atoms with Crippen molar-refractivity contribution in [2.75, 3.05) is 13.6 Å². The molecule has 0 saturated carbocycles. The van der Waals surface area contributed by atoms with Gasteiger partial charge in [0.05, 0.1) is 0 Å². The van der Waals surface area contributed by atoms with Gasteiger partial charge in [0.25, 0.3) is 0 Å². The van der Waals surface area contributed by atoms with E-state index in [1.807, 2.05) is 55.5 Å². The van der Waals surface area contributed by atoms with Crippen LogP contribution in [0.15, 0.2) is 48.5 Å². The topological polar surface area (TPSA) is 36.9 Å². The van der Waals surface area contributed by atoms with Crippen molar-refractivity contribution >= 4 is 20.3 Å². The Labute approximate surface area is 206 Å².